The van der Waals surface area contributed by atoms with Crippen molar-refractivity contribution in [3.05, 3.63) is 92.4 Å². The number of nitrogens with zero attached hydrogens (tertiary/aromatic N) is 1. The second-order valence-electron chi connectivity index (χ2n) is 8.71. The Kier molecular flexibility index (Phi) is 5.31. The van der Waals surface area contributed by atoms with Crippen molar-refractivity contribution >= 4 is 29.0 Å². The summed E-state index contributed by atoms with van der Waals surface area (Å²) in [6.07, 6.45) is 2.41. The van der Waals surface area contributed by atoms with Gasteiger partial charge in [0.25, 0.3) is 11.5 Å². The number of fused-ring (bicyclic) bond motifs is 1. The van der Waals surface area contributed by atoms with Gasteiger partial charge in [-0.05, 0) is 54.2 Å². The lowest BCUT2D eigenvalue weighted by Crippen LogP contribution is -2.37. The van der Waals surface area contributed by atoms with Crippen molar-refractivity contribution in [1.82, 2.24) is 4.57 Å². The molecular weight excluding hydrogens is 412 g/mol. The SMILES string of the molecule is Cc1c(Cl)cccc1NC(=O)c1c2c(cn(-c3ccccc3)c1=O)C(=O)CC(C)(C)C2. The van der Waals surface area contributed by atoms with Crippen LogP contribution in [-0.2, 0) is 6.42 Å². The molecule has 1 aromatic heterocycles. The maximum absolute atomic E-state index is 13.5. The van der Waals surface area contributed by atoms with Gasteiger partial charge in [0.2, 0.25) is 0 Å². The van der Waals surface area contributed by atoms with Crippen LogP contribution in [-0.4, -0.2) is 16.3 Å². The van der Waals surface area contributed by atoms with Crippen molar-refractivity contribution in [2.45, 2.75) is 33.6 Å². The molecule has 1 N–H and O–H groups in total. The molecule has 0 bridgehead atoms. The molecule has 0 spiro atoms. The maximum Gasteiger partial charge on any atom is 0.268 e. The van der Waals surface area contributed by atoms with Crippen molar-refractivity contribution in [3.8, 4) is 5.69 Å². The fraction of sp³-hybridized carbons (Fsp3) is 0.240. The molecule has 1 heterocycles. The number of Topliss-reactive ketones (excluding diaryl/α,β-unsaturated/α-hetero) is 1. The summed E-state index contributed by atoms with van der Waals surface area (Å²) in [5, 5.41) is 3.35. The smallest absolute Gasteiger partial charge is 0.268 e. The van der Waals surface area contributed by atoms with E-state index in [2.05, 4.69) is 5.32 Å². The number of carbonyl (C=O) groups excluding carboxylic acids is 2. The van der Waals surface area contributed by atoms with Gasteiger partial charge in [0, 0.05) is 34.6 Å². The monoisotopic (exact) mass is 434 g/mol. The van der Waals surface area contributed by atoms with Crippen molar-refractivity contribution in [2.24, 2.45) is 5.41 Å². The molecule has 0 unspecified atom stereocenters. The number of nitrogens with one attached hydrogen (secondary N) is 1. The first-order chi connectivity index (χ1) is 14.7. The number of para-hydroxylation sites is 1. The molecule has 2 aromatic carbocycles. The number of ketones is 1. The number of hydrogen-bond acceptors (Lipinski definition) is 3. The highest BCUT2D eigenvalue weighted by Crippen LogP contribution is 2.36. The molecule has 0 saturated heterocycles. The highest BCUT2D eigenvalue weighted by molar-refractivity contribution is 6.31. The van der Waals surface area contributed by atoms with Crippen LogP contribution in [0.3, 0.4) is 0 Å². The van der Waals surface area contributed by atoms with Crippen LogP contribution in [0.2, 0.25) is 5.02 Å². The fourth-order valence-corrected chi connectivity index (χ4v) is 4.26. The van der Waals surface area contributed by atoms with Crippen LogP contribution in [0, 0.1) is 12.3 Å². The number of pyridine rings is 1. The summed E-state index contributed by atoms with van der Waals surface area (Å²) < 4.78 is 1.38. The molecule has 1 aliphatic rings. The first kappa shape index (κ1) is 21.1. The molecule has 5 nitrogen and oxygen atoms in total. The molecule has 0 radical (unpaired) electrons. The summed E-state index contributed by atoms with van der Waals surface area (Å²) in [6.45, 7) is 5.74. The van der Waals surface area contributed by atoms with Crippen molar-refractivity contribution in [1.29, 1.82) is 0 Å². The van der Waals surface area contributed by atoms with E-state index in [0.717, 1.165) is 0 Å². The number of benzene rings is 2. The molecule has 4 rings (SSSR count). The lowest BCUT2D eigenvalue weighted by atomic mass is 9.73. The van der Waals surface area contributed by atoms with E-state index in [0.29, 0.717) is 45.9 Å². The van der Waals surface area contributed by atoms with E-state index < -0.39 is 11.5 Å². The molecule has 158 valence electrons. The van der Waals surface area contributed by atoms with Crippen molar-refractivity contribution < 1.29 is 9.59 Å². The lowest BCUT2D eigenvalue weighted by Gasteiger charge is -2.31. The van der Waals surface area contributed by atoms with Crippen molar-refractivity contribution in [2.75, 3.05) is 5.32 Å². The van der Waals surface area contributed by atoms with Crippen LogP contribution < -0.4 is 10.9 Å². The van der Waals surface area contributed by atoms with Crippen LogP contribution in [0.4, 0.5) is 5.69 Å². The molecule has 0 fully saturated rings. The van der Waals surface area contributed by atoms with Gasteiger partial charge >= 0.3 is 0 Å². The second-order valence-corrected chi connectivity index (χ2v) is 9.12. The Morgan fingerprint density at radius 1 is 1.03 bits per heavy atom. The highest BCUT2D eigenvalue weighted by atomic mass is 35.5. The minimum Gasteiger partial charge on any atom is -0.322 e. The standard InChI is InChI=1S/C25H23ClN2O3/c1-15-19(26)10-7-11-20(15)27-23(30)22-17-12-25(2,3)13-21(29)18(17)14-28(24(22)31)16-8-5-4-6-9-16/h4-11,14H,12-13H2,1-3H3,(H,27,30). The second kappa shape index (κ2) is 7.82. The van der Waals surface area contributed by atoms with E-state index in [1.807, 2.05) is 19.9 Å². The van der Waals surface area contributed by atoms with Crippen LogP contribution in [0.5, 0.6) is 0 Å². The summed E-state index contributed by atoms with van der Waals surface area (Å²) >= 11 is 6.19. The maximum atomic E-state index is 13.5. The topological polar surface area (TPSA) is 68.2 Å². The molecular formula is C25H23ClN2O3. The average Bonchev–Trinajstić information content (AvgIpc) is 2.71. The van der Waals surface area contributed by atoms with E-state index in [4.69, 9.17) is 11.6 Å². The van der Waals surface area contributed by atoms with E-state index in [1.165, 1.54) is 4.57 Å². The minimum absolute atomic E-state index is 0.00172. The van der Waals surface area contributed by atoms with E-state index in [9.17, 15) is 14.4 Å². The van der Waals surface area contributed by atoms with Crippen LogP contribution in [0.25, 0.3) is 5.69 Å². The molecule has 3 aromatic rings. The van der Waals surface area contributed by atoms with Crippen LogP contribution in [0.1, 0.15) is 52.1 Å². The predicted molar refractivity (Wildman–Crippen MR) is 123 cm³/mol. The third-order valence-electron chi connectivity index (χ3n) is 5.69. The largest absolute Gasteiger partial charge is 0.322 e. The quantitative estimate of drug-likeness (QED) is 0.615. The third-order valence-corrected chi connectivity index (χ3v) is 6.10. The Balaban J connectivity index is 1.92. The summed E-state index contributed by atoms with van der Waals surface area (Å²) in [6, 6.07) is 14.2. The minimum atomic E-state index is -0.539. The fourth-order valence-electron chi connectivity index (χ4n) is 4.09. The normalized spacial score (nSPS) is 14.8. The Bertz CT molecular complexity index is 1260. The Morgan fingerprint density at radius 3 is 2.45 bits per heavy atom. The molecule has 0 saturated carbocycles. The number of hydrogen-bond donors (Lipinski definition) is 1. The number of amides is 1. The number of rotatable bonds is 3. The first-order valence-corrected chi connectivity index (χ1v) is 10.5. The van der Waals surface area contributed by atoms with E-state index in [-0.39, 0.29) is 16.8 Å². The van der Waals surface area contributed by atoms with Gasteiger partial charge in [0.1, 0.15) is 5.56 Å². The molecule has 1 aliphatic carbocycles. The van der Waals surface area contributed by atoms with Gasteiger partial charge in [-0.15, -0.1) is 0 Å². The van der Waals surface area contributed by atoms with Gasteiger partial charge in [-0.1, -0.05) is 49.7 Å². The predicted octanol–water partition coefficient (Wildman–Crippen LogP) is 5.21. The number of anilines is 1. The van der Waals surface area contributed by atoms with E-state index in [1.54, 1.807) is 55.6 Å². The summed E-state index contributed by atoms with van der Waals surface area (Å²) in [7, 11) is 0. The number of aromatic nitrogens is 1. The average molecular weight is 435 g/mol. The molecule has 6 heteroatoms. The van der Waals surface area contributed by atoms with Gasteiger partial charge in [-0.25, -0.2) is 0 Å². The molecule has 31 heavy (non-hydrogen) atoms. The Morgan fingerprint density at radius 2 is 1.74 bits per heavy atom. The number of carbonyl (C=O) groups is 2. The highest BCUT2D eigenvalue weighted by Gasteiger charge is 2.36. The molecule has 0 aliphatic heterocycles. The molecule has 1 amide bonds. The van der Waals surface area contributed by atoms with Gasteiger partial charge in [0.05, 0.1) is 0 Å². The first-order valence-electron chi connectivity index (χ1n) is 10.1. The van der Waals surface area contributed by atoms with E-state index >= 15 is 0 Å². The van der Waals surface area contributed by atoms with Gasteiger partial charge in [-0.3, -0.25) is 19.0 Å². The van der Waals surface area contributed by atoms with Gasteiger partial charge in [0.15, 0.2) is 5.78 Å². The third kappa shape index (κ3) is 3.93. The lowest BCUT2D eigenvalue weighted by molar-refractivity contribution is 0.0910. The zero-order chi connectivity index (χ0) is 22.3. The Hall–Kier alpha value is -3.18. The zero-order valence-electron chi connectivity index (χ0n) is 17.7. The molecule has 0 atom stereocenters. The van der Waals surface area contributed by atoms with Gasteiger partial charge in [-0.2, -0.15) is 0 Å². The van der Waals surface area contributed by atoms with Crippen LogP contribution in [0.15, 0.2) is 59.5 Å². The zero-order valence-corrected chi connectivity index (χ0v) is 18.4. The van der Waals surface area contributed by atoms with Crippen molar-refractivity contribution in [3.63, 3.8) is 0 Å². The number of halogens is 1. The van der Waals surface area contributed by atoms with Gasteiger partial charge < -0.3 is 5.32 Å². The summed E-state index contributed by atoms with van der Waals surface area (Å²) in [4.78, 5) is 39.9. The summed E-state index contributed by atoms with van der Waals surface area (Å²) in [5.41, 5.74) is 1.99. The van der Waals surface area contributed by atoms with Crippen LogP contribution >= 0.6 is 11.6 Å². The Labute approximate surface area is 185 Å². The summed E-state index contributed by atoms with van der Waals surface area (Å²) in [5.74, 6) is -0.605.